The van der Waals surface area contributed by atoms with Crippen molar-refractivity contribution in [2.24, 2.45) is 10.7 Å². The number of aliphatic imine (C=N–C) groups is 1. The molecule has 2 aromatic rings. The highest BCUT2D eigenvalue weighted by atomic mass is 32.1. The number of rotatable bonds is 6. The number of aromatic nitrogens is 1. The predicted octanol–water partition coefficient (Wildman–Crippen LogP) is 3.00. The number of thiophene rings is 1. The molecule has 2 aliphatic rings. The van der Waals surface area contributed by atoms with Gasteiger partial charge in [0, 0.05) is 49.1 Å². The number of aryl methyl sites for hydroxylation is 1. The summed E-state index contributed by atoms with van der Waals surface area (Å²) in [5.74, 6) is -0.301. The lowest BCUT2D eigenvalue weighted by Crippen LogP contribution is -2.45. The first-order valence-electron chi connectivity index (χ1n) is 11.2. The Kier molecular flexibility index (Phi) is 7.03. The summed E-state index contributed by atoms with van der Waals surface area (Å²) < 4.78 is 6.39. The van der Waals surface area contributed by atoms with Crippen LogP contribution in [0.15, 0.2) is 41.7 Å². The van der Waals surface area contributed by atoms with Crippen LogP contribution in [0.1, 0.15) is 51.1 Å². The van der Waals surface area contributed by atoms with E-state index >= 15 is 0 Å². The lowest BCUT2D eigenvalue weighted by Gasteiger charge is -2.44. The summed E-state index contributed by atoms with van der Waals surface area (Å²) in [6, 6.07) is 6.05. The number of fused-ring (bicyclic) bond motifs is 2. The first-order chi connectivity index (χ1) is 15.5. The molecule has 1 saturated heterocycles. The molecule has 1 spiro atoms. The maximum atomic E-state index is 12.2. The second kappa shape index (κ2) is 9.94. The number of amidine groups is 1. The molecule has 0 unspecified atom stereocenters. The summed E-state index contributed by atoms with van der Waals surface area (Å²) >= 11 is 1.96. The lowest BCUT2D eigenvalue weighted by molar-refractivity contribution is -0.0981. The average molecular weight is 454 g/mol. The van der Waals surface area contributed by atoms with E-state index in [2.05, 4.69) is 33.2 Å². The Morgan fingerprint density at radius 1 is 1.41 bits per heavy atom. The molecule has 0 atom stereocenters. The third-order valence-corrected chi connectivity index (χ3v) is 7.51. The van der Waals surface area contributed by atoms with Crippen molar-refractivity contribution in [2.75, 3.05) is 26.7 Å². The Morgan fingerprint density at radius 2 is 2.22 bits per heavy atom. The van der Waals surface area contributed by atoms with Gasteiger partial charge in [-0.05, 0) is 54.8 Å². The summed E-state index contributed by atoms with van der Waals surface area (Å²) in [5, 5.41) is 2.81. The first kappa shape index (κ1) is 22.6. The number of nitrogens with one attached hydrogen (secondary N) is 1. The third-order valence-electron chi connectivity index (χ3n) is 6.17. The molecule has 1 fully saturated rings. The van der Waals surface area contributed by atoms with Crippen molar-refractivity contribution in [3.63, 3.8) is 0 Å². The maximum absolute atomic E-state index is 12.2. The van der Waals surface area contributed by atoms with Crippen LogP contribution in [0.4, 0.5) is 0 Å². The molecule has 8 heteroatoms. The Labute approximate surface area is 193 Å². The third kappa shape index (κ3) is 4.92. The number of amides is 1. The molecule has 4 heterocycles. The molecular weight excluding hydrogens is 422 g/mol. The van der Waals surface area contributed by atoms with E-state index in [1.54, 1.807) is 25.5 Å². The fourth-order valence-electron chi connectivity index (χ4n) is 4.42. The number of likely N-dealkylation sites (tertiary alicyclic amines) is 1. The highest BCUT2D eigenvalue weighted by Crippen LogP contribution is 2.44. The molecule has 170 valence electrons. The normalized spacial score (nSPS) is 18.8. The van der Waals surface area contributed by atoms with Crippen LogP contribution in [0.25, 0.3) is 0 Å². The van der Waals surface area contributed by atoms with E-state index in [0.29, 0.717) is 5.69 Å². The van der Waals surface area contributed by atoms with E-state index in [0.717, 1.165) is 57.5 Å². The summed E-state index contributed by atoms with van der Waals surface area (Å²) in [5.41, 5.74) is 8.42. The smallest absolute Gasteiger partial charge is 0.297 e. The lowest BCUT2D eigenvalue weighted by atomic mass is 9.82. The highest BCUT2D eigenvalue weighted by molar-refractivity contribution is 7.12. The Morgan fingerprint density at radius 3 is 2.91 bits per heavy atom. The minimum atomic E-state index is -0.442. The second-order valence-corrected chi connectivity index (χ2v) is 9.51. The molecule has 2 aromatic heterocycles. The second-order valence-electron chi connectivity index (χ2n) is 8.29. The monoisotopic (exact) mass is 453 g/mol. The van der Waals surface area contributed by atoms with Crippen molar-refractivity contribution in [1.29, 1.82) is 0 Å². The molecule has 2 aliphatic heterocycles. The van der Waals surface area contributed by atoms with Crippen LogP contribution in [-0.4, -0.2) is 48.4 Å². The van der Waals surface area contributed by atoms with Crippen molar-refractivity contribution in [3.05, 3.63) is 63.2 Å². The van der Waals surface area contributed by atoms with Crippen LogP contribution in [0, 0.1) is 0 Å². The first-order valence-corrected chi connectivity index (χ1v) is 12.0. The number of carbonyl (C=O) groups excluding carboxylic acids is 1. The number of pyridine rings is 1. The molecule has 0 aliphatic carbocycles. The Balaban J connectivity index is 1.36. The number of nitrogens with zero attached hydrogens (tertiary/aromatic N) is 3. The molecule has 1 amide bonds. The topological polar surface area (TPSA) is 92.8 Å². The van der Waals surface area contributed by atoms with Gasteiger partial charge in [-0.1, -0.05) is 13.0 Å². The molecule has 0 saturated carbocycles. The van der Waals surface area contributed by atoms with E-state index in [9.17, 15) is 4.79 Å². The van der Waals surface area contributed by atoms with Crippen LogP contribution in [-0.2, 0) is 29.7 Å². The molecule has 3 N–H and O–H groups in total. The van der Waals surface area contributed by atoms with Crippen molar-refractivity contribution in [1.82, 2.24) is 15.2 Å². The van der Waals surface area contributed by atoms with E-state index in [4.69, 9.17) is 10.5 Å². The molecular formula is C24H31N5O2S. The van der Waals surface area contributed by atoms with Gasteiger partial charge in [-0.3, -0.25) is 14.7 Å². The summed E-state index contributed by atoms with van der Waals surface area (Å²) in [7, 11) is 1.75. The number of nitrogens with two attached hydrogens (primary N) is 1. The largest absolute Gasteiger partial charge is 0.394 e. The van der Waals surface area contributed by atoms with E-state index in [1.165, 1.54) is 21.4 Å². The van der Waals surface area contributed by atoms with Gasteiger partial charge in [0.15, 0.2) is 0 Å². The fourth-order valence-corrected chi connectivity index (χ4v) is 5.59. The minimum Gasteiger partial charge on any atom is -0.394 e. The van der Waals surface area contributed by atoms with Gasteiger partial charge in [0.2, 0.25) is 0 Å². The van der Waals surface area contributed by atoms with Crippen molar-refractivity contribution < 1.29 is 9.53 Å². The molecule has 7 nitrogen and oxygen atoms in total. The van der Waals surface area contributed by atoms with Gasteiger partial charge in [0.1, 0.15) is 11.5 Å². The van der Waals surface area contributed by atoms with E-state index < -0.39 is 5.91 Å². The van der Waals surface area contributed by atoms with Crippen molar-refractivity contribution >= 4 is 23.1 Å². The molecule has 0 bridgehead atoms. The van der Waals surface area contributed by atoms with Crippen LogP contribution < -0.4 is 11.1 Å². The Bertz CT molecular complexity index is 1000. The zero-order chi connectivity index (χ0) is 22.6. The molecule has 4 rings (SSSR count). The van der Waals surface area contributed by atoms with Gasteiger partial charge in [0.25, 0.3) is 5.91 Å². The van der Waals surface area contributed by atoms with E-state index in [1.807, 2.05) is 17.4 Å². The highest BCUT2D eigenvalue weighted by Gasteiger charge is 2.41. The molecule has 32 heavy (non-hydrogen) atoms. The van der Waals surface area contributed by atoms with Gasteiger partial charge >= 0.3 is 0 Å². The van der Waals surface area contributed by atoms with E-state index in [-0.39, 0.29) is 11.4 Å². The maximum Gasteiger partial charge on any atom is 0.297 e. The zero-order valence-corrected chi connectivity index (χ0v) is 19.6. The zero-order valence-electron chi connectivity index (χ0n) is 18.8. The van der Waals surface area contributed by atoms with Crippen LogP contribution in [0.3, 0.4) is 0 Å². The summed E-state index contributed by atoms with van der Waals surface area (Å²) in [6.07, 6.45) is 9.07. The summed E-state index contributed by atoms with van der Waals surface area (Å²) in [4.78, 5) is 25.8. The van der Waals surface area contributed by atoms with Crippen molar-refractivity contribution in [2.45, 2.75) is 44.8 Å². The fraction of sp³-hybridized carbons (Fsp3) is 0.458. The SMILES string of the molecule is CCc1cc2c(s1)CCOC21CCN(Cc2ccc(C(=O)N=C(N)/C=C\NC)nc2)CC1. The number of piperidine rings is 1. The van der Waals surface area contributed by atoms with Gasteiger partial charge in [0.05, 0.1) is 12.2 Å². The molecule has 0 aromatic carbocycles. The van der Waals surface area contributed by atoms with Crippen LogP contribution >= 0.6 is 11.3 Å². The quantitative estimate of drug-likeness (QED) is 0.516. The average Bonchev–Trinajstić information content (AvgIpc) is 3.25. The standard InChI is InChI=1S/C24H31N5O2S/c1-3-18-14-19-21(32-18)7-13-31-24(19)8-11-29(12-9-24)16-17-4-5-20(27-15-17)23(30)28-22(25)6-10-26-2/h4-6,10,14-15,26H,3,7-9,11-13,16H2,1-2H3,(H2,25,28,30)/b10-6-. The minimum absolute atomic E-state index is 0.109. The number of carbonyl (C=O) groups is 1. The van der Waals surface area contributed by atoms with Gasteiger partial charge in [-0.15, -0.1) is 11.3 Å². The summed E-state index contributed by atoms with van der Waals surface area (Å²) in [6.45, 7) is 5.83. The molecule has 0 radical (unpaired) electrons. The van der Waals surface area contributed by atoms with Crippen molar-refractivity contribution in [3.8, 4) is 0 Å². The van der Waals surface area contributed by atoms with Crippen LogP contribution in [0.5, 0.6) is 0 Å². The Hall–Kier alpha value is -2.55. The van der Waals surface area contributed by atoms with Gasteiger partial charge in [-0.2, -0.15) is 4.99 Å². The van der Waals surface area contributed by atoms with Gasteiger partial charge < -0.3 is 15.8 Å². The number of ether oxygens (including phenoxy) is 1. The number of hydrogen-bond donors (Lipinski definition) is 2. The predicted molar refractivity (Wildman–Crippen MR) is 128 cm³/mol. The van der Waals surface area contributed by atoms with Gasteiger partial charge in [-0.25, -0.2) is 0 Å². The number of hydrogen-bond acceptors (Lipinski definition) is 6. The van der Waals surface area contributed by atoms with Crippen LogP contribution in [0.2, 0.25) is 0 Å².